The number of nitrogens with one attached hydrogen (secondary N) is 1. The van der Waals surface area contributed by atoms with Crippen LogP contribution in [0.2, 0.25) is 0 Å². The Morgan fingerprint density at radius 2 is 1.59 bits per heavy atom. The SMILES string of the molecule is CCCN(C)CC(C)(CCC)CNC(C)(C)C. The summed E-state index contributed by atoms with van der Waals surface area (Å²) < 4.78 is 0. The second-order valence-corrected chi connectivity index (χ2v) is 6.90. The molecule has 0 aliphatic carbocycles. The lowest BCUT2D eigenvalue weighted by Gasteiger charge is -2.36. The minimum atomic E-state index is 0.221. The summed E-state index contributed by atoms with van der Waals surface area (Å²) in [4.78, 5) is 2.47. The molecule has 1 N–H and O–H groups in total. The first kappa shape index (κ1) is 16.9. The van der Waals surface area contributed by atoms with Crippen molar-refractivity contribution in [3.8, 4) is 0 Å². The number of nitrogens with zero attached hydrogens (tertiary/aromatic N) is 1. The average Bonchev–Trinajstić information content (AvgIpc) is 2.14. The number of hydrogen-bond donors (Lipinski definition) is 1. The van der Waals surface area contributed by atoms with E-state index in [0.717, 1.165) is 6.54 Å². The maximum Gasteiger partial charge on any atom is 0.00967 e. The summed E-state index contributed by atoms with van der Waals surface area (Å²) in [6, 6.07) is 0. The van der Waals surface area contributed by atoms with Crippen molar-refractivity contribution in [1.29, 1.82) is 0 Å². The standard InChI is InChI=1S/C15H34N2/c1-8-10-15(6,12-16-14(3,4)5)13-17(7)11-9-2/h16H,8-13H2,1-7H3. The highest BCUT2D eigenvalue weighted by Crippen LogP contribution is 2.24. The third-order valence-electron chi connectivity index (χ3n) is 3.16. The van der Waals surface area contributed by atoms with Gasteiger partial charge in [0.15, 0.2) is 0 Å². The third kappa shape index (κ3) is 8.62. The van der Waals surface area contributed by atoms with E-state index in [-0.39, 0.29) is 5.54 Å². The molecular formula is C15H34N2. The average molecular weight is 242 g/mol. The van der Waals surface area contributed by atoms with Gasteiger partial charge in [-0.15, -0.1) is 0 Å². The molecule has 0 aliphatic heterocycles. The normalized spacial score (nSPS) is 16.2. The maximum atomic E-state index is 3.67. The summed E-state index contributed by atoms with van der Waals surface area (Å²) in [5, 5.41) is 3.67. The Labute approximate surface area is 109 Å². The highest BCUT2D eigenvalue weighted by atomic mass is 15.1. The van der Waals surface area contributed by atoms with Crippen LogP contribution >= 0.6 is 0 Å². The van der Waals surface area contributed by atoms with Gasteiger partial charge in [0.2, 0.25) is 0 Å². The summed E-state index contributed by atoms with van der Waals surface area (Å²) in [5.74, 6) is 0. The minimum absolute atomic E-state index is 0.221. The molecule has 0 rings (SSSR count). The van der Waals surface area contributed by atoms with Gasteiger partial charge in [-0.1, -0.05) is 27.2 Å². The number of hydrogen-bond acceptors (Lipinski definition) is 2. The minimum Gasteiger partial charge on any atom is -0.311 e. The van der Waals surface area contributed by atoms with Gasteiger partial charge in [-0.3, -0.25) is 0 Å². The zero-order valence-corrected chi connectivity index (χ0v) is 13.2. The Morgan fingerprint density at radius 3 is 2.00 bits per heavy atom. The van der Waals surface area contributed by atoms with Crippen LogP contribution in [0.4, 0.5) is 0 Å². The molecule has 1 atom stereocenters. The molecule has 0 saturated carbocycles. The van der Waals surface area contributed by atoms with E-state index in [9.17, 15) is 0 Å². The van der Waals surface area contributed by atoms with Crippen LogP contribution in [0.3, 0.4) is 0 Å². The quantitative estimate of drug-likeness (QED) is 0.700. The fourth-order valence-electron chi connectivity index (χ4n) is 2.42. The summed E-state index contributed by atoms with van der Waals surface area (Å²) in [6.45, 7) is 17.2. The first-order chi connectivity index (χ1) is 7.72. The second kappa shape index (κ2) is 7.38. The van der Waals surface area contributed by atoms with Gasteiger partial charge in [-0.25, -0.2) is 0 Å². The number of rotatable bonds is 8. The van der Waals surface area contributed by atoms with Crippen molar-refractivity contribution in [1.82, 2.24) is 10.2 Å². The molecule has 0 amide bonds. The van der Waals surface area contributed by atoms with E-state index in [2.05, 4.69) is 58.8 Å². The highest BCUT2D eigenvalue weighted by molar-refractivity contribution is 4.83. The van der Waals surface area contributed by atoms with Crippen molar-refractivity contribution >= 4 is 0 Å². The van der Waals surface area contributed by atoms with Crippen molar-refractivity contribution < 1.29 is 0 Å². The molecule has 0 aromatic carbocycles. The summed E-state index contributed by atoms with van der Waals surface area (Å²) in [5.41, 5.74) is 0.615. The van der Waals surface area contributed by atoms with Crippen LogP contribution in [0, 0.1) is 5.41 Å². The second-order valence-electron chi connectivity index (χ2n) is 6.90. The topological polar surface area (TPSA) is 15.3 Å². The van der Waals surface area contributed by atoms with E-state index < -0.39 is 0 Å². The predicted octanol–water partition coefficient (Wildman–Crippen LogP) is 3.52. The molecular weight excluding hydrogens is 208 g/mol. The van der Waals surface area contributed by atoms with Crippen LogP contribution in [0.25, 0.3) is 0 Å². The van der Waals surface area contributed by atoms with Crippen molar-refractivity contribution in [2.24, 2.45) is 5.41 Å². The van der Waals surface area contributed by atoms with Gasteiger partial charge in [-0.2, -0.15) is 0 Å². The highest BCUT2D eigenvalue weighted by Gasteiger charge is 2.26. The summed E-state index contributed by atoms with van der Waals surface area (Å²) in [7, 11) is 2.24. The molecule has 0 radical (unpaired) electrons. The first-order valence-electron chi connectivity index (χ1n) is 7.16. The fourth-order valence-corrected chi connectivity index (χ4v) is 2.42. The van der Waals surface area contributed by atoms with Gasteiger partial charge in [0, 0.05) is 18.6 Å². The zero-order chi connectivity index (χ0) is 13.5. The van der Waals surface area contributed by atoms with Crippen LogP contribution in [0.5, 0.6) is 0 Å². The van der Waals surface area contributed by atoms with Crippen LogP contribution in [-0.4, -0.2) is 37.1 Å². The molecule has 2 nitrogen and oxygen atoms in total. The third-order valence-corrected chi connectivity index (χ3v) is 3.16. The van der Waals surface area contributed by atoms with Crippen molar-refractivity contribution in [2.75, 3.05) is 26.7 Å². The molecule has 104 valence electrons. The van der Waals surface area contributed by atoms with Gasteiger partial charge in [0.1, 0.15) is 0 Å². The summed E-state index contributed by atoms with van der Waals surface area (Å²) >= 11 is 0. The van der Waals surface area contributed by atoms with Crippen LogP contribution in [0.1, 0.15) is 60.8 Å². The summed E-state index contributed by atoms with van der Waals surface area (Å²) in [6.07, 6.45) is 3.80. The smallest absolute Gasteiger partial charge is 0.00967 e. The van der Waals surface area contributed by atoms with Crippen molar-refractivity contribution in [3.63, 3.8) is 0 Å². The molecule has 0 aromatic rings. The maximum absolute atomic E-state index is 3.67. The Bertz CT molecular complexity index is 196. The lowest BCUT2D eigenvalue weighted by molar-refractivity contribution is 0.162. The Balaban J connectivity index is 4.34. The van der Waals surface area contributed by atoms with Gasteiger partial charge < -0.3 is 10.2 Å². The van der Waals surface area contributed by atoms with E-state index in [1.54, 1.807) is 0 Å². The van der Waals surface area contributed by atoms with Gasteiger partial charge >= 0.3 is 0 Å². The molecule has 0 spiro atoms. The molecule has 1 unspecified atom stereocenters. The van der Waals surface area contributed by atoms with E-state index in [0.29, 0.717) is 5.41 Å². The van der Waals surface area contributed by atoms with E-state index in [1.807, 2.05) is 0 Å². The molecule has 0 aliphatic rings. The van der Waals surface area contributed by atoms with E-state index >= 15 is 0 Å². The molecule has 0 saturated heterocycles. The Kier molecular flexibility index (Phi) is 7.34. The Morgan fingerprint density at radius 1 is 1.00 bits per heavy atom. The molecule has 0 bridgehead atoms. The molecule has 0 aromatic heterocycles. The molecule has 0 heterocycles. The molecule has 17 heavy (non-hydrogen) atoms. The Hall–Kier alpha value is -0.0800. The lowest BCUT2D eigenvalue weighted by atomic mass is 9.84. The fraction of sp³-hybridized carbons (Fsp3) is 1.00. The molecule has 0 fully saturated rings. The zero-order valence-electron chi connectivity index (χ0n) is 13.2. The van der Waals surface area contributed by atoms with Gasteiger partial charge in [0.25, 0.3) is 0 Å². The van der Waals surface area contributed by atoms with Crippen molar-refractivity contribution in [3.05, 3.63) is 0 Å². The van der Waals surface area contributed by atoms with Gasteiger partial charge in [0.05, 0.1) is 0 Å². The first-order valence-corrected chi connectivity index (χ1v) is 7.16. The monoisotopic (exact) mass is 242 g/mol. The largest absolute Gasteiger partial charge is 0.311 e. The predicted molar refractivity (Wildman–Crippen MR) is 78.6 cm³/mol. The van der Waals surface area contributed by atoms with Crippen LogP contribution < -0.4 is 5.32 Å². The van der Waals surface area contributed by atoms with E-state index in [4.69, 9.17) is 0 Å². The molecule has 2 heteroatoms. The van der Waals surface area contributed by atoms with Gasteiger partial charge in [-0.05, 0) is 52.6 Å². The van der Waals surface area contributed by atoms with Crippen LogP contribution in [0.15, 0.2) is 0 Å². The lowest BCUT2D eigenvalue weighted by Crippen LogP contribution is -2.47. The van der Waals surface area contributed by atoms with E-state index in [1.165, 1.54) is 32.4 Å². The van der Waals surface area contributed by atoms with Crippen molar-refractivity contribution in [2.45, 2.75) is 66.3 Å². The van der Waals surface area contributed by atoms with Crippen LogP contribution in [-0.2, 0) is 0 Å².